The van der Waals surface area contributed by atoms with E-state index in [4.69, 9.17) is 5.73 Å². The summed E-state index contributed by atoms with van der Waals surface area (Å²) in [5, 5.41) is 2.45. The van der Waals surface area contributed by atoms with E-state index in [2.05, 4.69) is 10.3 Å². The molecule has 0 radical (unpaired) electrons. The van der Waals surface area contributed by atoms with Crippen LogP contribution in [0.5, 0.6) is 0 Å². The lowest BCUT2D eigenvalue weighted by Crippen LogP contribution is -2.16. The van der Waals surface area contributed by atoms with E-state index in [-0.39, 0.29) is 48.2 Å². The Bertz CT molecular complexity index is 737. The van der Waals surface area contributed by atoms with Crippen LogP contribution in [0.1, 0.15) is 21.5 Å². The summed E-state index contributed by atoms with van der Waals surface area (Å²) >= 11 is 0. The number of hydrogen-bond donors (Lipinski definition) is 2. The average molecular weight is 411 g/mol. The molecule has 1 aromatic heterocycles. The van der Waals surface area contributed by atoms with E-state index in [0.717, 1.165) is 12.1 Å². The minimum Gasteiger partial charge on any atom is -0.363 e. The minimum absolute atomic E-state index is 0. The number of anilines is 2. The predicted octanol–water partition coefficient (Wildman–Crippen LogP) is 3.72. The first-order valence-electron chi connectivity index (χ1n) is 7.06. The molecular weight excluding hydrogens is 392 g/mol. The summed E-state index contributed by atoms with van der Waals surface area (Å²) in [6, 6.07) is 6.44. The zero-order valence-corrected chi connectivity index (χ0v) is 15.6. The third kappa shape index (κ3) is 6.05. The molecular formula is C16H19Cl2F3N4O. The SMILES string of the molecule is CN(C)c1ccc(C(=O)Nc2cc(CN)cc(C(F)(F)F)c2)cn1.Cl.Cl. The second kappa shape index (κ2) is 9.61. The molecule has 0 saturated heterocycles. The number of nitrogens with one attached hydrogen (secondary N) is 1. The molecule has 0 bridgehead atoms. The molecule has 0 aliphatic rings. The Morgan fingerprint density at radius 3 is 2.31 bits per heavy atom. The van der Waals surface area contributed by atoms with Crippen LogP contribution in [-0.2, 0) is 12.7 Å². The summed E-state index contributed by atoms with van der Waals surface area (Å²) in [6.45, 7) is -0.0636. The lowest BCUT2D eigenvalue weighted by atomic mass is 10.1. The first-order valence-corrected chi connectivity index (χ1v) is 7.06. The summed E-state index contributed by atoms with van der Waals surface area (Å²) in [4.78, 5) is 18.0. The number of aromatic nitrogens is 1. The number of benzene rings is 1. The monoisotopic (exact) mass is 410 g/mol. The van der Waals surface area contributed by atoms with Crippen molar-refractivity contribution in [1.29, 1.82) is 0 Å². The van der Waals surface area contributed by atoms with Crippen molar-refractivity contribution in [2.75, 3.05) is 24.3 Å². The lowest BCUT2D eigenvalue weighted by molar-refractivity contribution is -0.137. The molecule has 0 unspecified atom stereocenters. The smallest absolute Gasteiger partial charge is 0.363 e. The van der Waals surface area contributed by atoms with Gasteiger partial charge in [-0.2, -0.15) is 13.2 Å². The van der Waals surface area contributed by atoms with Gasteiger partial charge in [-0.15, -0.1) is 24.8 Å². The van der Waals surface area contributed by atoms with Gasteiger partial charge in [-0.05, 0) is 35.9 Å². The van der Waals surface area contributed by atoms with Gasteiger partial charge < -0.3 is 16.0 Å². The molecule has 3 N–H and O–H groups in total. The summed E-state index contributed by atoms with van der Waals surface area (Å²) in [5.74, 6) is 0.117. The number of carbonyl (C=O) groups excluding carboxylic acids is 1. The standard InChI is InChI=1S/C16H17F3N4O.2ClH/c1-23(2)14-4-3-11(9-21-14)15(24)22-13-6-10(8-20)5-12(7-13)16(17,18)19;;/h3-7,9H,8,20H2,1-2H3,(H,22,24);2*1H. The molecule has 0 atom stereocenters. The Labute approximate surface area is 161 Å². The molecule has 144 valence electrons. The molecule has 0 saturated carbocycles. The fourth-order valence-corrected chi connectivity index (χ4v) is 2.03. The maximum absolute atomic E-state index is 12.9. The van der Waals surface area contributed by atoms with Crippen molar-refractivity contribution in [1.82, 2.24) is 4.98 Å². The summed E-state index contributed by atoms with van der Waals surface area (Å²) < 4.78 is 38.7. The predicted molar refractivity (Wildman–Crippen MR) is 100 cm³/mol. The number of rotatable bonds is 4. The third-order valence-electron chi connectivity index (χ3n) is 3.28. The minimum atomic E-state index is -4.51. The maximum Gasteiger partial charge on any atom is 0.416 e. The average Bonchev–Trinajstić information content (AvgIpc) is 2.53. The Kier molecular flexibility index (Phi) is 8.86. The van der Waals surface area contributed by atoms with Gasteiger partial charge in [0.25, 0.3) is 5.91 Å². The van der Waals surface area contributed by atoms with E-state index in [0.29, 0.717) is 5.82 Å². The normalized spacial score (nSPS) is 10.4. The van der Waals surface area contributed by atoms with Crippen molar-refractivity contribution < 1.29 is 18.0 Å². The molecule has 10 heteroatoms. The maximum atomic E-state index is 12.9. The van der Waals surface area contributed by atoms with Crippen LogP contribution in [0.15, 0.2) is 36.5 Å². The zero-order chi connectivity index (χ0) is 17.9. The fourth-order valence-electron chi connectivity index (χ4n) is 2.03. The van der Waals surface area contributed by atoms with Gasteiger partial charge in [0, 0.05) is 32.5 Å². The summed E-state index contributed by atoms with van der Waals surface area (Å²) in [6.07, 6.45) is -3.15. The number of amides is 1. The van der Waals surface area contributed by atoms with E-state index in [1.54, 1.807) is 31.1 Å². The van der Waals surface area contributed by atoms with Crippen LogP contribution >= 0.6 is 24.8 Å². The number of nitrogens with zero attached hydrogens (tertiary/aromatic N) is 2. The van der Waals surface area contributed by atoms with E-state index >= 15 is 0 Å². The Morgan fingerprint density at radius 2 is 1.85 bits per heavy atom. The first-order chi connectivity index (χ1) is 11.2. The van der Waals surface area contributed by atoms with Gasteiger partial charge in [0.2, 0.25) is 0 Å². The topological polar surface area (TPSA) is 71.2 Å². The molecule has 2 aromatic rings. The second-order valence-corrected chi connectivity index (χ2v) is 5.37. The largest absolute Gasteiger partial charge is 0.416 e. The highest BCUT2D eigenvalue weighted by Crippen LogP contribution is 2.32. The highest BCUT2D eigenvalue weighted by atomic mass is 35.5. The molecule has 2 rings (SSSR count). The van der Waals surface area contributed by atoms with Gasteiger partial charge in [0.15, 0.2) is 0 Å². The molecule has 5 nitrogen and oxygen atoms in total. The third-order valence-corrected chi connectivity index (χ3v) is 3.28. The first kappa shape index (κ1) is 24.0. The van der Waals surface area contributed by atoms with Gasteiger partial charge in [-0.1, -0.05) is 0 Å². The molecule has 1 aromatic carbocycles. The second-order valence-electron chi connectivity index (χ2n) is 5.37. The van der Waals surface area contributed by atoms with Crippen LogP contribution in [0.3, 0.4) is 0 Å². The van der Waals surface area contributed by atoms with Crippen LogP contribution in [0.2, 0.25) is 0 Å². The number of alkyl halides is 3. The van der Waals surface area contributed by atoms with Gasteiger partial charge in [-0.3, -0.25) is 4.79 Å². The van der Waals surface area contributed by atoms with Crippen molar-refractivity contribution >= 4 is 42.2 Å². The number of hydrogen-bond acceptors (Lipinski definition) is 4. The summed E-state index contributed by atoms with van der Waals surface area (Å²) in [5.41, 5.74) is 5.12. The Hall–Kier alpha value is -2.03. The van der Waals surface area contributed by atoms with Crippen LogP contribution < -0.4 is 16.0 Å². The van der Waals surface area contributed by atoms with Crippen LogP contribution in [0.4, 0.5) is 24.7 Å². The van der Waals surface area contributed by atoms with Gasteiger partial charge in [0.1, 0.15) is 5.82 Å². The van der Waals surface area contributed by atoms with E-state index < -0.39 is 17.6 Å². The molecule has 1 amide bonds. The highest BCUT2D eigenvalue weighted by Gasteiger charge is 2.31. The van der Waals surface area contributed by atoms with E-state index in [1.165, 1.54) is 12.3 Å². The molecule has 0 aliphatic carbocycles. The van der Waals surface area contributed by atoms with Gasteiger partial charge in [-0.25, -0.2) is 4.98 Å². The van der Waals surface area contributed by atoms with Crippen molar-refractivity contribution in [2.45, 2.75) is 12.7 Å². The lowest BCUT2D eigenvalue weighted by Gasteiger charge is -2.13. The van der Waals surface area contributed by atoms with Gasteiger partial charge >= 0.3 is 6.18 Å². The molecule has 1 heterocycles. The van der Waals surface area contributed by atoms with Gasteiger partial charge in [0.05, 0.1) is 11.1 Å². The van der Waals surface area contributed by atoms with Crippen LogP contribution in [-0.4, -0.2) is 25.0 Å². The van der Waals surface area contributed by atoms with Crippen LogP contribution in [0.25, 0.3) is 0 Å². The zero-order valence-electron chi connectivity index (χ0n) is 14.0. The highest BCUT2D eigenvalue weighted by molar-refractivity contribution is 6.04. The molecule has 0 fully saturated rings. The number of halogens is 5. The summed E-state index contributed by atoms with van der Waals surface area (Å²) in [7, 11) is 3.61. The molecule has 0 spiro atoms. The van der Waals surface area contributed by atoms with E-state index in [9.17, 15) is 18.0 Å². The Balaban J connectivity index is 0.00000312. The van der Waals surface area contributed by atoms with Crippen LogP contribution in [0, 0.1) is 0 Å². The van der Waals surface area contributed by atoms with Crippen molar-refractivity contribution in [3.63, 3.8) is 0 Å². The van der Waals surface area contributed by atoms with Crippen molar-refractivity contribution in [3.05, 3.63) is 53.2 Å². The molecule has 0 aliphatic heterocycles. The molecule has 26 heavy (non-hydrogen) atoms. The van der Waals surface area contributed by atoms with E-state index in [1.807, 2.05) is 0 Å². The number of nitrogens with two attached hydrogens (primary N) is 1. The number of carbonyl (C=O) groups is 1. The van der Waals surface area contributed by atoms with Crippen molar-refractivity contribution in [3.8, 4) is 0 Å². The number of pyridine rings is 1. The van der Waals surface area contributed by atoms with Crippen molar-refractivity contribution in [2.24, 2.45) is 5.73 Å². The fraction of sp³-hybridized carbons (Fsp3) is 0.250. The quantitative estimate of drug-likeness (QED) is 0.805. The Morgan fingerprint density at radius 1 is 1.19 bits per heavy atom.